The van der Waals surface area contributed by atoms with E-state index in [9.17, 15) is 9.59 Å². The van der Waals surface area contributed by atoms with Gasteiger partial charge < -0.3 is 15.8 Å². The lowest BCUT2D eigenvalue weighted by Gasteiger charge is -2.22. The van der Waals surface area contributed by atoms with Crippen molar-refractivity contribution < 1.29 is 14.3 Å². The molecule has 0 fully saturated rings. The number of anilines is 1. The zero-order valence-corrected chi connectivity index (χ0v) is 14.2. The normalized spacial score (nSPS) is 14.3. The Bertz CT molecular complexity index is 784. The minimum Gasteiger partial charge on any atom is -0.481 e. The van der Waals surface area contributed by atoms with Gasteiger partial charge in [-0.15, -0.1) is 0 Å². The highest BCUT2D eigenvalue weighted by Crippen LogP contribution is 2.30. The Labute approximate surface area is 147 Å². The lowest BCUT2D eigenvalue weighted by Crippen LogP contribution is -2.30. The van der Waals surface area contributed by atoms with Crippen molar-refractivity contribution in [3.63, 3.8) is 0 Å². The third-order valence-electron chi connectivity index (χ3n) is 4.46. The van der Waals surface area contributed by atoms with Gasteiger partial charge in [0.1, 0.15) is 5.75 Å². The maximum atomic E-state index is 12.4. The van der Waals surface area contributed by atoms with Crippen LogP contribution in [0.1, 0.15) is 41.3 Å². The summed E-state index contributed by atoms with van der Waals surface area (Å²) in [7, 11) is 0. The van der Waals surface area contributed by atoms with Crippen molar-refractivity contribution in [2.75, 3.05) is 5.32 Å². The summed E-state index contributed by atoms with van der Waals surface area (Å²) in [6.07, 6.45) is 3.80. The molecule has 1 unspecified atom stereocenters. The van der Waals surface area contributed by atoms with E-state index in [0.717, 1.165) is 25.0 Å². The molecule has 2 amide bonds. The molecule has 5 heteroatoms. The fourth-order valence-electron chi connectivity index (χ4n) is 3.06. The van der Waals surface area contributed by atoms with Crippen molar-refractivity contribution in [3.05, 3.63) is 59.2 Å². The van der Waals surface area contributed by atoms with Gasteiger partial charge in [0, 0.05) is 11.3 Å². The number of benzene rings is 2. The van der Waals surface area contributed by atoms with Gasteiger partial charge in [-0.2, -0.15) is 0 Å². The number of carbonyl (C=O) groups excluding carboxylic acids is 2. The number of nitrogens with two attached hydrogens (primary N) is 1. The van der Waals surface area contributed by atoms with Gasteiger partial charge >= 0.3 is 0 Å². The van der Waals surface area contributed by atoms with Crippen molar-refractivity contribution >= 4 is 17.5 Å². The third-order valence-corrected chi connectivity index (χ3v) is 4.46. The average Bonchev–Trinajstić information content (AvgIpc) is 2.62. The molecule has 0 bridgehead atoms. The zero-order valence-electron chi connectivity index (χ0n) is 14.2. The van der Waals surface area contributed by atoms with Gasteiger partial charge in [-0.1, -0.05) is 12.1 Å². The Morgan fingerprint density at radius 2 is 1.80 bits per heavy atom. The highest BCUT2D eigenvalue weighted by Gasteiger charge is 2.19. The molecule has 3 rings (SSSR count). The lowest BCUT2D eigenvalue weighted by molar-refractivity contribution is -0.122. The van der Waals surface area contributed by atoms with E-state index in [0.29, 0.717) is 11.3 Å². The Morgan fingerprint density at radius 3 is 2.52 bits per heavy atom. The topological polar surface area (TPSA) is 81.4 Å². The Hall–Kier alpha value is -2.82. The molecule has 2 aromatic rings. The summed E-state index contributed by atoms with van der Waals surface area (Å²) < 4.78 is 5.92. The molecule has 0 saturated heterocycles. The van der Waals surface area contributed by atoms with Crippen molar-refractivity contribution in [3.8, 4) is 5.75 Å². The largest absolute Gasteiger partial charge is 0.481 e. The van der Waals surface area contributed by atoms with E-state index < -0.39 is 12.0 Å². The molecule has 1 atom stereocenters. The van der Waals surface area contributed by atoms with Crippen LogP contribution in [0.25, 0.3) is 0 Å². The van der Waals surface area contributed by atoms with Gasteiger partial charge in [0.05, 0.1) is 0 Å². The fourth-order valence-corrected chi connectivity index (χ4v) is 3.06. The van der Waals surface area contributed by atoms with Gasteiger partial charge in [0.2, 0.25) is 5.91 Å². The smallest absolute Gasteiger partial charge is 0.265 e. The van der Waals surface area contributed by atoms with Gasteiger partial charge in [-0.25, -0.2) is 0 Å². The maximum Gasteiger partial charge on any atom is 0.265 e. The Morgan fingerprint density at radius 1 is 1.08 bits per heavy atom. The van der Waals surface area contributed by atoms with E-state index >= 15 is 0 Å². The number of nitrogens with one attached hydrogen (secondary N) is 1. The fraction of sp³-hybridized carbons (Fsp3) is 0.300. The number of ether oxygens (including phenoxy) is 1. The van der Waals surface area contributed by atoms with Crippen LogP contribution >= 0.6 is 0 Å². The van der Waals surface area contributed by atoms with Crippen LogP contribution in [-0.4, -0.2) is 17.9 Å². The SMILES string of the molecule is CC(Oc1cccc2c1CCCC2)C(=O)Nc1ccc(C(N)=O)cc1. The predicted molar refractivity (Wildman–Crippen MR) is 96.8 cm³/mol. The highest BCUT2D eigenvalue weighted by atomic mass is 16.5. The second kappa shape index (κ2) is 7.38. The number of hydrogen-bond donors (Lipinski definition) is 2. The van der Waals surface area contributed by atoms with Crippen molar-refractivity contribution in [2.24, 2.45) is 5.73 Å². The molecule has 130 valence electrons. The molecule has 3 N–H and O–H groups in total. The predicted octanol–water partition coefficient (Wildman–Crippen LogP) is 3.07. The first-order chi connectivity index (χ1) is 12.0. The Balaban J connectivity index is 1.66. The summed E-state index contributed by atoms with van der Waals surface area (Å²) in [6.45, 7) is 1.73. The van der Waals surface area contributed by atoms with E-state index in [4.69, 9.17) is 10.5 Å². The Kier molecular flexibility index (Phi) is 5.03. The highest BCUT2D eigenvalue weighted by molar-refractivity contribution is 5.96. The number of carbonyl (C=O) groups is 2. The van der Waals surface area contributed by atoms with Crippen LogP contribution < -0.4 is 15.8 Å². The van der Waals surface area contributed by atoms with E-state index in [1.165, 1.54) is 17.5 Å². The first kappa shape index (κ1) is 17.0. The van der Waals surface area contributed by atoms with Crippen LogP contribution in [0.3, 0.4) is 0 Å². The van der Waals surface area contributed by atoms with Crippen molar-refractivity contribution in [2.45, 2.75) is 38.7 Å². The number of fused-ring (bicyclic) bond motifs is 1. The maximum absolute atomic E-state index is 12.4. The quantitative estimate of drug-likeness (QED) is 0.879. The number of primary amides is 1. The van der Waals surface area contributed by atoms with Gasteiger partial charge in [-0.3, -0.25) is 9.59 Å². The van der Waals surface area contributed by atoms with Crippen LogP contribution in [0.5, 0.6) is 5.75 Å². The van der Waals surface area contributed by atoms with Crippen molar-refractivity contribution in [1.82, 2.24) is 0 Å². The molecule has 0 heterocycles. The van der Waals surface area contributed by atoms with Gasteiger partial charge in [0.15, 0.2) is 6.10 Å². The van der Waals surface area contributed by atoms with E-state index in [1.807, 2.05) is 12.1 Å². The molecule has 25 heavy (non-hydrogen) atoms. The summed E-state index contributed by atoms with van der Waals surface area (Å²) in [6, 6.07) is 12.5. The van der Waals surface area contributed by atoms with Crippen LogP contribution in [0.4, 0.5) is 5.69 Å². The van der Waals surface area contributed by atoms with Crippen molar-refractivity contribution in [1.29, 1.82) is 0 Å². The first-order valence-corrected chi connectivity index (χ1v) is 8.53. The molecule has 0 aromatic heterocycles. The summed E-state index contributed by atoms with van der Waals surface area (Å²) >= 11 is 0. The van der Waals surface area contributed by atoms with Crippen LogP contribution in [0.2, 0.25) is 0 Å². The molecule has 0 aliphatic heterocycles. The summed E-state index contributed by atoms with van der Waals surface area (Å²) in [5.41, 5.74) is 8.75. The van der Waals surface area contributed by atoms with Gasteiger partial charge in [0.25, 0.3) is 5.91 Å². The minimum absolute atomic E-state index is 0.236. The average molecular weight is 338 g/mol. The molecule has 5 nitrogen and oxygen atoms in total. The number of amides is 2. The molecule has 0 saturated carbocycles. The van der Waals surface area contributed by atoms with E-state index in [-0.39, 0.29) is 5.91 Å². The lowest BCUT2D eigenvalue weighted by atomic mass is 9.91. The molecule has 0 spiro atoms. The zero-order chi connectivity index (χ0) is 17.8. The summed E-state index contributed by atoms with van der Waals surface area (Å²) in [5.74, 6) is 0.0626. The van der Waals surface area contributed by atoms with Crippen LogP contribution in [-0.2, 0) is 17.6 Å². The monoisotopic (exact) mass is 338 g/mol. The minimum atomic E-state index is -0.621. The third kappa shape index (κ3) is 3.99. The second-order valence-electron chi connectivity index (χ2n) is 6.29. The van der Waals surface area contributed by atoms with Crippen LogP contribution in [0, 0.1) is 0 Å². The van der Waals surface area contributed by atoms with E-state index in [2.05, 4.69) is 11.4 Å². The molecule has 1 aliphatic rings. The molecular formula is C20H22N2O3. The first-order valence-electron chi connectivity index (χ1n) is 8.53. The number of aryl methyl sites for hydroxylation is 1. The number of hydrogen-bond acceptors (Lipinski definition) is 3. The van der Waals surface area contributed by atoms with E-state index in [1.54, 1.807) is 31.2 Å². The molecule has 0 radical (unpaired) electrons. The molecule has 1 aliphatic carbocycles. The molecule has 2 aromatic carbocycles. The van der Waals surface area contributed by atoms with Crippen LogP contribution in [0.15, 0.2) is 42.5 Å². The number of rotatable bonds is 5. The molecular weight excluding hydrogens is 316 g/mol. The standard InChI is InChI=1S/C20H22N2O3/c1-13(20(24)22-16-11-9-15(10-12-16)19(21)23)25-18-8-4-6-14-5-2-3-7-17(14)18/h4,6,8-13H,2-3,5,7H2,1H3,(H2,21,23)(H,22,24). The summed E-state index contributed by atoms with van der Waals surface area (Å²) in [4.78, 5) is 23.5. The second-order valence-corrected chi connectivity index (χ2v) is 6.29. The van der Waals surface area contributed by atoms with Gasteiger partial charge in [-0.05, 0) is 74.1 Å². The summed E-state index contributed by atoms with van der Waals surface area (Å²) in [5, 5.41) is 2.79.